The molecule has 1 aliphatic rings. The van der Waals surface area contributed by atoms with Crippen LogP contribution in [0, 0.1) is 0 Å². The van der Waals surface area contributed by atoms with Gasteiger partial charge in [0.2, 0.25) is 5.28 Å². The molecule has 1 amide bonds. The normalized spacial score (nSPS) is 15.3. The molecule has 0 radical (unpaired) electrons. The number of nitrogens with zero attached hydrogens (tertiary/aromatic N) is 4. The summed E-state index contributed by atoms with van der Waals surface area (Å²) in [5.41, 5.74) is 3.57. The van der Waals surface area contributed by atoms with Crippen molar-refractivity contribution in [3.8, 4) is 0 Å². The van der Waals surface area contributed by atoms with E-state index in [9.17, 15) is 4.79 Å². The number of imidazole rings is 1. The first-order valence-corrected chi connectivity index (χ1v) is 10.9. The molecule has 3 aromatic rings. The molecule has 0 spiro atoms. The van der Waals surface area contributed by atoms with Crippen LogP contribution in [0.15, 0.2) is 36.5 Å². The van der Waals surface area contributed by atoms with Gasteiger partial charge in [-0.05, 0) is 68.6 Å². The van der Waals surface area contributed by atoms with Gasteiger partial charge < -0.3 is 14.0 Å². The zero-order chi connectivity index (χ0) is 20.5. The lowest BCUT2D eigenvalue weighted by atomic mass is 9.93. The van der Waals surface area contributed by atoms with Gasteiger partial charge in [0.05, 0.1) is 17.6 Å². The van der Waals surface area contributed by atoms with E-state index in [1.54, 1.807) is 0 Å². The molecule has 1 saturated carbocycles. The van der Waals surface area contributed by atoms with Gasteiger partial charge in [-0.25, -0.2) is 4.98 Å². The van der Waals surface area contributed by atoms with Crippen molar-refractivity contribution in [1.82, 2.24) is 19.0 Å². The Hall–Kier alpha value is -2.27. The van der Waals surface area contributed by atoms with E-state index in [4.69, 9.17) is 11.6 Å². The molecule has 6 heteroatoms. The lowest BCUT2D eigenvalue weighted by Gasteiger charge is -2.34. The number of aromatic nitrogens is 3. The standard InChI is InChI=1S/C23H29ClN4O/c1-16(2)28-21-12-11-17(14-20(21)25-23(28)24)22(29)27(18-8-5-4-6-9-18)15-19-10-7-13-26(19)3/h7,10-14,16,18H,4-6,8-9,15H2,1-3H3. The summed E-state index contributed by atoms with van der Waals surface area (Å²) in [6.45, 7) is 4.79. The second kappa shape index (κ2) is 8.23. The molecule has 1 aromatic carbocycles. The van der Waals surface area contributed by atoms with E-state index in [-0.39, 0.29) is 11.9 Å². The van der Waals surface area contributed by atoms with Gasteiger partial charge in [0, 0.05) is 36.6 Å². The number of hydrogen-bond acceptors (Lipinski definition) is 2. The van der Waals surface area contributed by atoms with Crippen molar-refractivity contribution in [2.45, 2.75) is 64.6 Å². The van der Waals surface area contributed by atoms with E-state index in [0.717, 1.165) is 29.6 Å². The minimum absolute atomic E-state index is 0.0789. The molecular formula is C23H29ClN4O. The number of amides is 1. The first-order valence-electron chi connectivity index (χ1n) is 10.5. The maximum atomic E-state index is 13.6. The number of halogens is 1. The highest BCUT2D eigenvalue weighted by Gasteiger charge is 2.27. The van der Waals surface area contributed by atoms with Crippen LogP contribution in [0.25, 0.3) is 11.0 Å². The molecular weight excluding hydrogens is 384 g/mol. The molecule has 1 fully saturated rings. The van der Waals surface area contributed by atoms with Crippen LogP contribution in [0.5, 0.6) is 0 Å². The molecule has 2 heterocycles. The molecule has 0 atom stereocenters. The number of benzene rings is 1. The largest absolute Gasteiger partial charge is 0.353 e. The van der Waals surface area contributed by atoms with Gasteiger partial charge in [-0.1, -0.05) is 19.3 Å². The third-order valence-corrected chi connectivity index (χ3v) is 6.34. The summed E-state index contributed by atoms with van der Waals surface area (Å²) in [5, 5.41) is 0.465. The second-order valence-corrected chi connectivity index (χ2v) is 8.72. The summed E-state index contributed by atoms with van der Waals surface area (Å²) in [5.74, 6) is 0.0789. The van der Waals surface area contributed by atoms with Gasteiger partial charge in [0.15, 0.2) is 0 Å². The maximum Gasteiger partial charge on any atom is 0.254 e. The quantitative estimate of drug-likeness (QED) is 0.548. The fourth-order valence-corrected chi connectivity index (χ4v) is 4.83. The van der Waals surface area contributed by atoms with Crippen molar-refractivity contribution in [1.29, 1.82) is 0 Å². The van der Waals surface area contributed by atoms with E-state index in [1.165, 1.54) is 19.3 Å². The minimum atomic E-state index is 0.0789. The Labute approximate surface area is 177 Å². The lowest BCUT2D eigenvalue weighted by molar-refractivity contribution is 0.0609. The van der Waals surface area contributed by atoms with Crippen molar-refractivity contribution in [3.63, 3.8) is 0 Å². The second-order valence-electron chi connectivity index (χ2n) is 8.38. The Morgan fingerprint density at radius 3 is 2.66 bits per heavy atom. The molecule has 1 aliphatic carbocycles. The van der Waals surface area contributed by atoms with E-state index < -0.39 is 0 Å². The molecule has 0 N–H and O–H groups in total. The average Bonchev–Trinajstić information content (AvgIpc) is 3.27. The first-order chi connectivity index (χ1) is 14.0. The van der Waals surface area contributed by atoms with Gasteiger partial charge in [-0.2, -0.15) is 0 Å². The summed E-state index contributed by atoms with van der Waals surface area (Å²) < 4.78 is 4.09. The Bertz CT molecular complexity index is 1010. The first kappa shape index (κ1) is 20.0. The Kier molecular flexibility index (Phi) is 5.68. The molecule has 0 unspecified atom stereocenters. The highest BCUT2D eigenvalue weighted by molar-refractivity contribution is 6.29. The van der Waals surface area contributed by atoms with Crippen molar-refractivity contribution in [3.05, 3.63) is 53.1 Å². The van der Waals surface area contributed by atoms with Crippen molar-refractivity contribution in [2.75, 3.05) is 0 Å². The fourth-order valence-electron chi connectivity index (χ4n) is 4.45. The monoisotopic (exact) mass is 412 g/mol. The topological polar surface area (TPSA) is 43.1 Å². The van der Waals surface area contributed by atoms with Crippen LogP contribution in [0.1, 0.15) is 68.0 Å². The van der Waals surface area contributed by atoms with Crippen LogP contribution in [-0.4, -0.2) is 31.0 Å². The van der Waals surface area contributed by atoms with Crippen LogP contribution >= 0.6 is 11.6 Å². The van der Waals surface area contributed by atoms with Gasteiger partial charge in [-0.15, -0.1) is 0 Å². The smallest absolute Gasteiger partial charge is 0.254 e. The van der Waals surface area contributed by atoms with E-state index >= 15 is 0 Å². The lowest BCUT2D eigenvalue weighted by Crippen LogP contribution is -2.41. The van der Waals surface area contributed by atoms with E-state index in [1.807, 2.05) is 42.1 Å². The number of hydrogen-bond donors (Lipinski definition) is 0. The maximum absolute atomic E-state index is 13.6. The number of aryl methyl sites for hydroxylation is 1. The highest BCUT2D eigenvalue weighted by atomic mass is 35.5. The third kappa shape index (κ3) is 3.93. The molecule has 2 aromatic heterocycles. The molecule has 29 heavy (non-hydrogen) atoms. The number of carbonyl (C=O) groups is 1. The summed E-state index contributed by atoms with van der Waals surface area (Å²) in [4.78, 5) is 20.2. The van der Waals surface area contributed by atoms with Crippen molar-refractivity contribution in [2.24, 2.45) is 7.05 Å². The Morgan fingerprint density at radius 2 is 2.00 bits per heavy atom. The van der Waals surface area contributed by atoms with Crippen molar-refractivity contribution < 1.29 is 4.79 Å². The zero-order valence-electron chi connectivity index (χ0n) is 17.4. The predicted molar refractivity (Wildman–Crippen MR) is 117 cm³/mol. The van der Waals surface area contributed by atoms with Crippen LogP contribution in [-0.2, 0) is 13.6 Å². The number of carbonyl (C=O) groups excluding carboxylic acids is 1. The summed E-state index contributed by atoms with van der Waals surface area (Å²) in [7, 11) is 2.03. The van der Waals surface area contributed by atoms with Gasteiger partial charge in [0.1, 0.15) is 0 Å². The molecule has 5 nitrogen and oxygen atoms in total. The van der Waals surface area contributed by atoms with E-state index in [0.29, 0.717) is 23.4 Å². The molecule has 154 valence electrons. The molecule has 0 aliphatic heterocycles. The van der Waals surface area contributed by atoms with Gasteiger partial charge >= 0.3 is 0 Å². The van der Waals surface area contributed by atoms with Crippen LogP contribution in [0.4, 0.5) is 0 Å². The summed E-state index contributed by atoms with van der Waals surface area (Å²) in [6.07, 6.45) is 7.83. The van der Waals surface area contributed by atoms with Crippen LogP contribution < -0.4 is 0 Å². The number of fused-ring (bicyclic) bond motifs is 1. The molecule has 0 saturated heterocycles. The summed E-state index contributed by atoms with van der Waals surface area (Å²) in [6, 6.07) is 10.4. The fraction of sp³-hybridized carbons (Fsp3) is 0.478. The Balaban J connectivity index is 1.68. The van der Waals surface area contributed by atoms with Gasteiger partial charge in [0.25, 0.3) is 5.91 Å². The Morgan fingerprint density at radius 1 is 1.24 bits per heavy atom. The third-order valence-electron chi connectivity index (χ3n) is 6.07. The zero-order valence-corrected chi connectivity index (χ0v) is 18.2. The van der Waals surface area contributed by atoms with Crippen LogP contribution in [0.2, 0.25) is 5.28 Å². The SMILES string of the molecule is CC(C)n1c(Cl)nc2cc(C(=O)N(Cc3cccn3C)C3CCCCC3)ccc21. The highest BCUT2D eigenvalue weighted by Crippen LogP contribution is 2.28. The van der Waals surface area contributed by atoms with Gasteiger partial charge in [-0.3, -0.25) is 4.79 Å². The molecule has 4 rings (SSSR count). The predicted octanol–water partition coefficient (Wildman–Crippen LogP) is 5.58. The minimum Gasteiger partial charge on any atom is -0.353 e. The van der Waals surface area contributed by atoms with E-state index in [2.05, 4.69) is 34.4 Å². The van der Waals surface area contributed by atoms with Crippen LogP contribution in [0.3, 0.4) is 0 Å². The van der Waals surface area contributed by atoms with Crippen molar-refractivity contribution >= 4 is 28.5 Å². The number of rotatable bonds is 5. The summed E-state index contributed by atoms with van der Waals surface area (Å²) >= 11 is 6.34. The average molecular weight is 413 g/mol. The molecule has 0 bridgehead atoms.